The number of anilines is 1. The number of benzene rings is 2. The van der Waals surface area contributed by atoms with Crippen molar-refractivity contribution in [3.63, 3.8) is 0 Å². The van der Waals surface area contributed by atoms with Crippen molar-refractivity contribution in [2.45, 2.75) is 13.0 Å². The minimum absolute atomic E-state index is 0.565. The van der Waals surface area contributed by atoms with E-state index in [2.05, 4.69) is 38.7 Å². The first-order chi connectivity index (χ1) is 13.7. The van der Waals surface area contributed by atoms with E-state index >= 15 is 0 Å². The Morgan fingerprint density at radius 3 is 2.50 bits per heavy atom. The van der Waals surface area contributed by atoms with E-state index in [0.717, 1.165) is 49.1 Å². The predicted octanol–water partition coefficient (Wildman–Crippen LogP) is 2.90. The van der Waals surface area contributed by atoms with Gasteiger partial charge >= 0.3 is 0 Å². The fourth-order valence-corrected chi connectivity index (χ4v) is 3.60. The number of hydrogen-bond acceptors (Lipinski definition) is 4. The minimum atomic E-state index is 0.565. The van der Waals surface area contributed by atoms with Crippen LogP contribution in [0.4, 0.5) is 5.69 Å². The van der Waals surface area contributed by atoms with Crippen molar-refractivity contribution < 1.29 is 9.47 Å². The number of guanidine groups is 1. The van der Waals surface area contributed by atoms with Crippen LogP contribution in [0, 0.1) is 5.92 Å². The minimum Gasteiger partial charge on any atom is -0.496 e. The van der Waals surface area contributed by atoms with Crippen LogP contribution >= 0.6 is 0 Å². The molecule has 1 unspecified atom stereocenters. The third-order valence-electron chi connectivity index (χ3n) is 5.13. The summed E-state index contributed by atoms with van der Waals surface area (Å²) in [4.78, 5) is 6.74. The molecule has 1 heterocycles. The molecular formula is C22H30N4O2. The number of ether oxygens (including phenoxy) is 2. The Hall–Kier alpha value is -2.89. The summed E-state index contributed by atoms with van der Waals surface area (Å²) in [6, 6.07) is 16.2. The lowest BCUT2D eigenvalue weighted by atomic mass is 10.1. The molecule has 0 amide bonds. The maximum absolute atomic E-state index is 5.50. The second-order valence-electron chi connectivity index (χ2n) is 6.89. The topological polar surface area (TPSA) is 58.1 Å². The van der Waals surface area contributed by atoms with Gasteiger partial charge in [-0.05, 0) is 30.5 Å². The van der Waals surface area contributed by atoms with Crippen LogP contribution in [0.5, 0.6) is 11.5 Å². The Bertz CT molecular complexity index is 794. The van der Waals surface area contributed by atoms with Gasteiger partial charge in [0.05, 0.1) is 19.9 Å². The zero-order chi connectivity index (χ0) is 19.8. The van der Waals surface area contributed by atoms with Crippen LogP contribution in [0.25, 0.3) is 0 Å². The normalized spacial score (nSPS) is 16.8. The second kappa shape index (κ2) is 9.88. The van der Waals surface area contributed by atoms with Gasteiger partial charge in [-0.3, -0.25) is 4.99 Å². The summed E-state index contributed by atoms with van der Waals surface area (Å²) in [5.74, 6) is 3.19. The number of nitrogens with zero attached hydrogens (tertiary/aromatic N) is 2. The van der Waals surface area contributed by atoms with Gasteiger partial charge in [0.2, 0.25) is 0 Å². The molecule has 6 heteroatoms. The molecule has 1 aliphatic heterocycles. The second-order valence-corrected chi connectivity index (χ2v) is 6.89. The van der Waals surface area contributed by atoms with Crippen molar-refractivity contribution in [2.75, 3.05) is 45.8 Å². The molecule has 2 N–H and O–H groups in total. The van der Waals surface area contributed by atoms with E-state index in [1.807, 2.05) is 30.3 Å². The number of methoxy groups -OCH3 is 2. The molecule has 0 spiro atoms. The van der Waals surface area contributed by atoms with Gasteiger partial charge in [0.1, 0.15) is 11.5 Å². The van der Waals surface area contributed by atoms with Crippen molar-refractivity contribution >= 4 is 11.6 Å². The largest absolute Gasteiger partial charge is 0.496 e. The van der Waals surface area contributed by atoms with E-state index in [4.69, 9.17) is 9.47 Å². The molecular weight excluding hydrogens is 352 g/mol. The first kappa shape index (κ1) is 19.9. The van der Waals surface area contributed by atoms with E-state index in [-0.39, 0.29) is 0 Å². The summed E-state index contributed by atoms with van der Waals surface area (Å²) < 4.78 is 10.9. The highest BCUT2D eigenvalue weighted by atomic mass is 16.5. The van der Waals surface area contributed by atoms with Crippen molar-refractivity contribution in [2.24, 2.45) is 10.9 Å². The van der Waals surface area contributed by atoms with Crippen LogP contribution in [0.3, 0.4) is 0 Å². The number of rotatable bonds is 7. The van der Waals surface area contributed by atoms with Crippen molar-refractivity contribution in [3.8, 4) is 11.5 Å². The van der Waals surface area contributed by atoms with Gasteiger partial charge in [-0.2, -0.15) is 0 Å². The Morgan fingerprint density at radius 1 is 1.04 bits per heavy atom. The number of nitrogens with one attached hydrogen (secondary N) is 2. The molecule has 6 nitrogen and oxygen atoms in total. The van der Waals surface area contributed by atoms with E-state index in [1.165, 1.54) is 5.69 Å². The lowest BCUT2D eigenvalue weighted by Gasteiger charge is -2.21. The lowest BCUT2D eigenvalue weighted by molar-refractivity contribution is 0.409. The average Bonchev–Trinajstić information content (AvgIpc) is 3.23. The van der Waals surface area contributed by atoms with Crippen LogP contribution in [-0.2, 0) is 6.54 Å². The third kappa shape index (κ3) is 4.88. The van der Waals surface area contributed by atoms with Crippen LogP contribution in [-0.4, -0.2) is 46.9 Å². The molecule has 150 valence electrons. The highest BCUT2D eigenvalue weighted by Gasteiger charge is 2.24. The molecule has 0 bridgehead atoms. The monoisotopic (exact) mass is 382 g/mol. The standard InChI is InChI=1S/C22H30N4O2/c1-23-22(25-15-18-8-4-6-10-20(18)27-2)24-14-17-12-13-26(16-17)19-9-5-7-11-21(19)28-3/h4-11,17H,12-16H2,1-3H3,(H2,23,24,25). The van der Waals surface area contributed by atoms with Gasteiger partial charge in [0.15, 0.2) is 5.96 Å². The molecule has 3 rings (SSSR count). The molecule has 2 aromatic carbocycles. The van der Waals surface area contributed by atoms with Crippen molar-refractivity contribution in [1.29, 1.82) is 0 Å². The Labute approximate surface area is 167 Å². The summed E-state index contributed by atoms with van der Waals surface area (Å²) >= 11 is 0. The summed E-state index contributed by atoms with van der Waals surface area (Å²) in [5.41, 5.74) is 2.28. The lowest BCUT2D eigenvalue weighted by Crippen LogP contribution is -2.40. The molecule has 1 aliphatic rings. The van der Waals surface area contributed by atoms with Crippen LogP contribution in [0.1, 0.15) is 12.0 Å². The SMILES string of the molecule is CN=C(NCc1ccccc1OC)NCC1CCN(c2ccccc2OC)C1. The first-order valence-electron chi connectivity index (χ1n) is 9.69. The van der Waals surface area contributed by atoms with Gasteiger partial charge in [-0.1, -0.05) is 30.3 Å². The molecule has 1 fully saturated rings. The van der Waals surface area contributed by atoms with Crippen LogP contribution in [0.2, 0.25) is 0 Å². The molecule has 0 aliphatic carbocycles. The molecule has 0 radical (unpaired) electrons. The maximum Gasteiger partial charge on any atom is 0.191 e. The summed E-state index contributed by atoms with van der Waals surface area (Å²) in [7, 11) is 5.22. The van der Waals surface area contributed by atoms with Crippen molar-refractivity contribution in [1.82, 2.24) is 10.6 Å². The zero-order valence-electron chi connectivity index (χ0n) is 16.9. The average molecular weight is 383 g/mol. The number of para-hydroxylation sites is 3. The smallest absolute Gasteiger partial charge is 0.191 e. The number of hydrogen-bond donors (Lipinski definition) is 2. The Morgan fingerprint density at radius 2 is 1.75 bits per heavy atom. The molecule has 2 aromatic rings. The molecule has 0 saturated carbocycles. The predicted molar refractivity (Wildman–Crippen MR) is 115 cm³/mol. The molecule has 1 saturated heterocycles. The zero-order valence-corrected chi connectivity index (χ0v) is 16.9. The van der Waals surface area contributed by atoms with Gasteiger partial charge in [0.25, 0.3) is 0 Å². The molecule has 28 heavy (non-hydrogen) atoms. The van der Waals surface area contributed by atoms with E-state index < -0.39 is 0 Å². The van der Waals surface area contributed by atoms with Crippen molar-refractivity contribution in [3.05, 3.63) is 54.1 Å². The van der Waals surface area contributed by atoms with E-state index in [0.29, 0.717) is 12.5 Å². The maximum atomic E-state index is 5.50. The third-order valence-corrected chi connectivity index (χ3v) is 5.13. The highest BCUT2D eigenvalue weighted by molar-refractivity contribution is 5.79. The fraction of sp³-hybridized carbons (Fsp3) is 0.409. The number of aliphatic imine (C=N–C) groups is 1. The Balaban J connectivity index is 1.49. The summed E-state index contributed by atoms with van der Waals surface area (Å²) in [5, 5.41) is 6.83. The van der Waals surface area contributed by atoms with Gasteiger partial charge in [-0.25, -0.2) is 0 Å². The quantitative estimate of drug-likeness (QED) is 0.570. The van der Waals surface area contributed by atoms with E-state index in [1.54, 1.807) is 21.3 Å². The van der Waals surface area contributed by atoms with Crippen LogP contribution < -0.4 is 25.0 Å². The van der Waals surface area contributed by atoms with Gasteiger partial charge < -0.3 is 25.0 Å². The highest BCUT2D eigenvalue weighted by Crippen LogP contribution is 2.31. The fourth-order valence-electron chi connectivity index (χ4n) is 3.60. The molecule has 1 atom stereocenters. The molecule has 0 aromatic heterocycles. The van der Waals surface area contributed by atoms with Crippen LogP contribution in [0.15, 0.2) is 53.5 Å². The van der Waals surface area contributed by atoms with Gasteiger partial charge in [-0.15, -0.1) is 0 Å². The van der Waals surface area contributed by atoms with Gasteiger partial charge in [0, 0.05) is 38.8 Å². The summed E-state index contributed by atoms with van der Waals surface area (Å²) in [6.07, 6.45) is 1.15. The summed E-state index contributed by atoms with van der Waals surface area (Å²) in [6.45, 7) is 3.61. The first-order valence-corrected chi connectivity index (χ1v) is 9.69. The van der Waals surface area contributed by atoms with E-state index in [9.17, 15) is 0 Å². The Kier molecular flexibility index (Phi) is 7.00.